The fourth-order valence-electron chi connectivity index (χ4n) is 3.29. The van der Waals surface area contributed by atoms with Crippen molar-refractivity contribution in [2.45, 2.75) is 46.0 Å². The Balaban J connectivity index is 2.17. The molecule has 0 aromatic heterocycles. The first-order valence-corrected chi connectivity index (χ1v) is 8.08. The van der Waals surface area contributed by atoms with E-state index in [-0.39, 0.29) is 11.3 Å². The summed E-state index contributed by atoms with van der Waals surface area (Å²) < 4.78 is 6.36. The van der Waals surface area contributed by atoms with Gasteiger partial charge in [0, 0.05) is 22.4 Å². The van der Waals surface area contributed by atoms with Gasteiger partial charge in [0.1, 0.15) is 11.5 Å². The second-order valence-electron chi connectivity index (χ2n) is 6.39. The van der Waals surface area contributed by atoms with Gasteiger partial charge in [0.2, 0.25) is 0 Å². The van der Waals surface area contributed by atoms with E-state index in [2.05, 4.69) is 29.8 Å². The minimum Gasteiger partial charge on any atom is -0.496 e. The molecule has 0 N–H and O–H groups in total. The molecule has 0 radical (unpaired) electrons. The van der Waals surface area contributed by atoms with Crippen LogP contribution < -0.4 is 4.74 Å². The topological polar surface area (TPSA) is 26.3 Å². The van der Waals surface area contributed by atoms with E-state index in [1.165, 1.54) is 12.8 Å². The second kappa shape index (κ2) is 6.30. The summed E-state index contributed by atoms with van der Waals surface area (Å²) in [4.78, 5) is 12.7. The van der Waals surface area contributed by atoms with Gasteiger partial charge in [0.15, 0.2) is 0 Å². The number of hydrogen-bond acceptors (Lipinski definition) is 2. The minimum absolute atomic E-state index is 0.134. The van der Waals surface area contributed by atoms with Crippen LogP contribution in [-0.4, -0.2) is 12.9 Å². The highest BCUT2D eigenvalue weighted by Crippen LogP contribution is 2.41. The molecule has 0 heterocycles. The van der Waals surface area contributed by atoms with E-state index in [9.17, 15) is 4.79 Å². The predicted octanol–water partition coefficient (Wildman–Crippen LogP) is 4.79. The maximum atomic E-state index is 12.7. The van der Waals surface area contributed by atoms with E-state index in [1.54, 1.807) is 7.11 Å². The third-order valence-corrected chi connectivity index (χ3v) is 5.00. The maximum absolute atomic E-state index is 12.7. The van der Waals surface area contributed by atoms with E-state index >= 15 is 0 Å². The Kier molecular flexibility index (Phi) is 4.90. The molecule has 0 spiro atoms. The quantitative estimate of drug-likeness (QED) is 0.789. The smallest absolute Gasteiger partial charge is 0.141 e. The van der Waals surface area contributed by atoms with Crippen LogP contribution in [-0.2, 0) is 11.2 Å². The highest BCUT2D eigenvalue weighted by Gasteiger charge is 2.36. The molecule has 1 atom stereocenters. The molecule has 1 aromatic carbocycles. The van der Waals surface area contributed by atoms with Crippen LogP contribution in [0.2, 0.25) is 0 Å². The number of carbonyl (C=O) groups is 1. The number of benzene rings is 1. The molecule has 1 unspecified atom stereocenters. The van der Waals surface area contributed by atoms with Crippen molar-refractivity contribution in [3.05, 3.63) is 28.2 Å². The van der Waals surface area contributed by atoms with Crippen LogP contribution >= 0.6 is 15.9 Å². The summed E-state index contributed by atoms with van der Waals surface area (Å²) >= 11 is 3.47. The summed E-state index contributed by atoms with van der Waals surface area (Å²) in [7, 11) is 1.65. The minimum atomic E-state index is 0.134. The van der Waals surface area contributed by atoms with Crippen molar-refractivity contribution >= 4 is 21.7 Å². The predicted molar refractivity (Wildman–Crippen MR) is 85.1 cm³/mol. The lowest BCUT2D eigenvalue weighted by Gasteiger charge is -2.37. The molecule has 0 bridgehead atoms. The number of ketones is 1. The molecule has 1 aliphatic rings. The van der Waals surface area contributed by atoms with Gasteiger partial charge in [-0.25, -0.2) is 0 Å². The van der Waals surface area contributed by atoms with E-state index in [4.69, 9.17) is 4.74 Å². The van der Waals surface area contributed by atoms with Crippen molar-refractivity contribution in [1.82, 2.24) is 0 Å². The monoisotopic (exact) mass is 338 g/mol. The zero-order chi connectivity index (χ0) is 14.8. The van der Waals surface area contributed by atoms with Crippen molar-refractivity contribution in [1.29, 1.82) is 0 Å². The first kappa shape index (κ1) is 15.6. The van der Waals surface area contributed by atoms with Crippen LogP contribution in [0.15, 0.2) is 22.7 Å². The van der Waals surface area contributed by atoms with Crippen molar-refractivity contribution in [2.24, 2.45) is 11.3 Å². The number of ether oxygens (including phenoxy) is 1. The third kappa shape index (κ3) is 3.43. The number of Topliss-reactive ketones (excluding diaryl/α,β-unsaturated/α-hetero) is 1. The Morgan fingerprint density at radius 3 is 2.80 bits per heavy atom. The number of methoxy groups -OCH3 is 1. The first-order valence-electron chi connectivity index (χ1n) is 7.29. The second-order valence-corrected chi connectivity index (χ2v) is 7.30. The van der Waals surface area contributed by atoms with Crippen LogP contribution in [0.3, 0.4) is 0 Å². The van der Waals surface area contributed by atoms with E-state index in [0.29, 0.717) is 12.2 Å². The molecule has 1 aromatic rings. The fourth-order valence-corrected chi connectivity index (χ4v) is 3.70. The normalized spacial score (nSPS) is 21.5. The maximum Gasteiger partial charge on any atom is 0.141 e. The van der Waals surface area contributed by atoms with Gasteiger partial charge in [-0.1, -0.05) is 42.6 Å². The molecule has 2 rings (SSSR count). The SMILES string of the molecule is COc1ccc(Br)cc1CC(=O)C1CCCCC1(C)C. The molecule has 1 aliphatic carbocycles. The first-order chi connectivity index (χ1) is 9.44. The number of carbonyl (C=O) groups excluding carboxylic acids is 1. The van der Waals surface area contributed by atoms with Gasteiger partial charge >= 0.3 is 0 Å². The van der Waals surface area contributed by atoms with Crippen LogP contribution in [0.1, 0.15) is 45.1 Å². The lowest BCUT2D eigenvalue weighted by molar-refractivity contribution is -0.127. The van der Waals surface area contributed by atoms with Gasteiger partial charge in [-0.15, -0.1) is 0 Å². The van der Waals surface area contributed by atoms with Crippen molar-refractivity contribution in [3.63, 3.8) is 0 Å². The molecule has 0 aliphatic heterocycles. The number of halogens is 1. The molecule has 1 fully saturated rings. The Morgan fingerprint density at radius 2 is 2.15 bits per heavy atom. The van der Waals surface area contributed by atoms with E-state index < -0.39 is 0 Å². The van der Waals surface area contributed by atoms with Gasteiger partial charge in [-0.3, -0.25) is 4.79 Å². The molecule has 0 saturated heterocycles. The van der Waals surface area contributed by atoms with Gasteiger partial charge < -0.3 is 4.74 Å². The largest absolute Gasteiger partial charge is 0.496 e. The molecular formula is C17H23BrO2. The summed E-state index contributed by atoms with van der Waals surface area (Å²) in [6.45, 7) is 4.46. The summed E-state index contributed by atoms with van der Waals surface area (Å²) in [6, 6.07) is 5.85. The van der Waals surface area contributed by atoms with Crippen LogP contribution in [0.4, 0.5) is 0 Å². The summed E-state index contributed by atoms with van der Waals surface area (Å²) in [5.41, 5.74) is 1.11. The zero-order valence-electron chi connectivity index (χ0n) is 12.5. The highest BCUT2D eigenvalue weighted by atomic mass is 79.9. The molecule has 2 nitrogen and oxygen atoms in total. The standard InChI is InChI=1S/C17H23BrO2/c1-17(2)9-5-4-6-14(17)15(19)11-12-10-13(18)7-8-16(12)20-3/h7-8,10,14H,4-6,9,11H2,1-3H3. The third-order valence-electron chi connectivity index (χ3n) is 4.50. The molecule has 1 saturated carbocycles. The van der Waals surface area contributed by atoms with E-state index in [1.807, 2.05) is 18.2 Å². The Hall–Kier alpha value is -0.830. The van der Waals surface area contributed by atoms with Gasteiger partial charge in [-0.05, 0) is 36.5 Å². The lowest BCUT2D eigenvalue weighted by atomic mass is 9.66. The molecule has 3 heteroatoms. The summed E-state index contributed by atoms with van der Waals surface area (Å²) in [5.74, 6) is 1.33. The number of rotatable bonds is 4. The van der Waals surface area contributed by atoms with Crippen LogP contribution in [0.5, 0.6) is 5.75 Å². The Morgan fingerprint density at radius 1 is 1.40 bits per heavy atom. The van der Waals surface area contributed by atoms with Gasteiger partial charge in [0.25, 0.3) is 0 Å². The highest BCUT2D eigenvalue weighted by molar-refractivity contribution is 9.10. The van der Waals surface area contributed by atoms with Crippen LogP contribution in [0.25, 0.3) is 0 Å². The average molecular weight is 339 g/mol. The number of hydrogen-bond donors (Lipinski definition) is 0. The fraction of sp³-hybridized carbons (Fsp3) is 0.588. The van der Waals surface area contributed by atoms with Crippen molar-refractivity contribution in [3.8, 4) is 5.75 Å². The van der Waals surface area contributed by atoms with Gasteiger partial charge in [-0.2, -0.15) is 0 Å². The molecule has 0 amide bonds. The molecule has 110 valence electrons. The molecule has 20 heavy (non-hydrogen) atoms. The van der Waals surface area contributed by atoms with Crippen molar-refractivity contribution in [2.75, 3.05) is 7.11 Å². The summed E-state index contributed by atoms with van der Waals surface area (Å²) in [5, 5.41) is 0. The summed E-state index contributed by atoms with van der Waals surface area (Å²) in [6.07, 6.45) is 5.07. The van der Waals surface area contributed by atoms with E-state index in [0.717, 1.165) is 28.6 Å². The Bertz CT molecular complexity index is 494. The lowest BCUT2D eigenvalue weighted by Crippen LogP contribution is -2.34. The van der Waals surface area contributed by atoms with Crippen molar-refractivity contribution < 1.29 is 9.53 Å². The van der Waals surface area contributed by atoms with Gasteiger partial charge in [0.05, 0.1) is 7.11 Å². The molecular weight excluding hydrogens is 316 g/mol. The average Bonchev–Trinajstić information content (AvgIpc) is 2.38. The zero-order valence-corrected chi connectivity index (χ0v) is 14.1. The Labute approximate surface area is 130 Å². The van der Waals surface area contributed by atoms with Crippen LogP contribution in [0, 0.1) is 11.3 Å².